The Hall–Kier alpha value is -1.84. The van der Waals surface area contributed by atoms with E-state index in [1.807, 2.05) is 52.0 Å². The van der Waals surface area contributed by atoms with E-state index in [1.165, 1.54) is 0 Å². The van der Waals surface area contributed by atoms with Gasteiger partial charge in [0.05, 0.1) is 0 Å². The van der Waals surface area contributed by atoms with Crippen molar-refractivity contribution in [3.63, 3.8) is 0 Å². The van der Waals surface area contributed by atoms with Gasteiger partial charge in [0, 0.05) is 25.1 Å². The summed E-state index contributed by atoms with van der Waals surface area (Å²) in [6.07, 6.45) is 2.03. The molecule has 0 N–H and O–H groups in total. The molecule has 1 aliphatic rings. The van der Waals surface area contributed by atoms with Crippen molar-refractivity contribution in [2.24, 2.45) is 5.92 Å². The quantitative estimate of drug-likeness (QED) is 0.784. The van der Waals surface area contributed by atoms with Gasteiger partial charge >= 0.3 is 6.09 Å². The highest BCUT2D eigenvalue weighted by molar-refractivity contribution is 5.96. The second-order valence-electron chi connectivity index (χ2n) is 7.41. The van der Waals surface area contributed by atoms with Crippen molar-refractivity contribution in [2.75, 3.05) is 13.1 Å². The Bertz CT molecular complexity index is 566. The van der Waals surface area contributed by atoms with Crippen LogP contribution in [0.15, 0.2) is 24.3 Å². The van der Waals surface area contributed by atoms with E-state index in [0.717, 1.165) is 24.0 Å². The van der Waals surface area contributed by atoms with Gasteiger partial charge < -0.3 is 9.64 Å². The average Bonchev–Trinajstić information content (AvgIpc) is 2.46. The zero-order valence-corrected chi connectivity index (χ0v) is 14.6. The number of nitrogens with zero attached hydrogens (tertiary/aromatic N) is 1. The highest BCUT2D eigenvalue weighted by Crippen LogP contribution is 2.24. The first kappa shape index (κ1) is 17.5. The Morgan fingerprint density at radius 3 is 2.43 bits per heavy atom. The largest absolute Gasteiger partial charge is 0.444 e. The Morgan fingerprint density at radius 1 is 1.22 bits per heavy atom. The number of hydrogen-bond acceptors (Lipinski definition) is 3. The summed E-state index contributed by atoms with van der Waals surface area (Å²) in [4.78, 5) is 26.2. The minimum absolute atomic E-state index is 0.199. The van der Waals surface area contributed by atoms with E-state index in [0.29, 0.717) is 25.4 Å². The molecule has 4 nitrogen and oxygen atoms in total. The summed E-state index contributed by atoms with van der Waals surface area (Å²) >= 11 is 0. The van der Waals surface area contributed by atoms with Crippen LogP contribution in [-0.2, 0) is 4.74 Å². The van der Waals surface area contributed by atoms with Crippen molar-refractivity contribution >= 4 is 11.9 Å². The number of aryl methyl sites for hydroxylation is 1. The third-order valence-corrected chi connectivity index (χ3v) is 4.08. The predicted octanol–water partition coefficient (Wildman–Crippen LogP) is 4.21. The summed E-state index contributed by atoms with van der Waals surface area (Å²) in [5.74, 6) is 0.547. The molecule has 1 saturated heterocycles. The molecular weight excluding hydrogens is 290 g/mol. The number of amides is 1. The average molecular weight is 317 g/mol. The van der Waals surface area contributed by atoms with E-state index in [4.69, 9.17) is 4.74 Å². The number of ketones is 1. The summed E-state index contributed by atoms with van der Waals surface area (Å²) in [5, 5.41) is 0. The molecule has 0 aliphatic carbocycles. The summed E-state index contributed by atoms with van der Waals surface area (Å²) in [6, 6.07) is 7.74. The summed E-state index contributed by atoms with van der Waals surface area (Å²) in [6.45, 7) is 8.95. The van der Waals surface area contributed by atoms with Crippen molar-refractivity contribution in [3.05, 3.63) is 35.4 Å². The molecule has 1 amide bonds. The highest BCUT2D eigenvalue weighted by atomic mass is 16.6. The van der Waals surface area contributed by atoms with Crippen LogP contribution in [-0.4, -0.2) is 35.5 Å². The Balaban J connectivity index is 1.83. The molecule has 0 saturated carbocycles. The molecule has 126 valence electrons. The number of likely N-dealkylation sites (tertiary alicyclic amines) is 1. The summed E-state index contributed by atoms with van der Waals surface area (Å²) in [5.41, 5.74) is 1.44. The lowest BCUT2D eigenvalue weighted by molar-refractivity contribution is 0.0183. The summed E-state index contributed by atoms with van der Waals surface area (Å²) < 4.78 is 5.40. The molecule has 1 aromatic rings. The third kappa shape index (κ3) is 5.38. The van der Waals surface area contributed by atoms with E-state index >= 15 is 0 Å². The van der Waals surface area contributed by atoms with E-state index in [1.54, 1.807) is 4.90 Å². The van der Waals surface area contributed by atoms with Crippen molar-refractivity contribution in [3.8, 4) is 0 Å². The maximum Gasteiger partial charge on any atom is 0.410 e. The molecule has 0 atom stereocenters. The van der Waals surface area contributed by atoms with Crippen molar-refractivity contribution in [2.45, 2.75) is 52.6 Å². The Morgan fingerprint density at radius 2 is 1.87 bits per heavy atom. The van der Waals surface area contributed by atoms with Gasteiger partial charge in [-0.2, -0.15) is 0 Å². The van der Waals surface area contributed by atoms with Crippen LogP contribution >= 0.6 is 0 Å². The van der Waals surface area contributed by atoms with Gasteiger partial charge in [-0.1, -0.05) is 23.8 Å². The highest BCUT2D eigenvalue weighted by Gasteiger charge is 2.27. The van der Waals surface area contributed by atoms with E-state index in [9.17, 15) is 9.59 Å². The van der Waals surface area contributed by atoms with Crippen molar-refractivity contribution in [1.29, 1.82) is 0 Å². The van der Waals surface area contributed by atoms with Gasteiger partial charge in [-0.25, -0.2) is 4.79 Å². The number of rotatable bonds is 3. The molecule has 0 bridgehead atoms. The van der Waals surface area contributed by atoms with Crippen molar-refractivity contribution in [1.82, 2.24) is 4.90 Å². The molecule has 2 rings (SSSR count). The number of hydrogen-bond donors (Lipinski definition) is 0. The van der Waals surface area contributed by atoms with E-state index in [-0.39, 0.29) is 11.9 Å². The van der Waals surface area contributed by atoms with Gasteiger partial charge in [-0.3, -0.25) is 4.79 Å². The van der Waals surface area contributed by atoms with Gasteiger partial charge in [0.1, 0.15) is 5.60 Å². The minimum atomic E-state index is -0.463. The van der Waals surface area contributed by atoms with E-state index in [2.05, 4.69) is 0 Å². The molecule has 0 aromatic heterocycles. The lowest BCUT2D eigenvalue weighted by Crippen LogP contribution is -2.42. The number of benzene rings is 1. The third-order valence-electron chi connectivity index (χ3n) is 4.08. The SMILES string of the molecule is Cc1cccc(C(=O)CC2CCN(C(=O)OC(C)(C)C)CC2)c1. The Labute approximate surface area is 138 Å². The number of carbonyl (C=O) groups excluding carboxylic acids is 2. The van der Waals surface area contributed by atoms with Gasteiger partial charge in [0.2, 0.25) is 0 Å². The lowest BCUT2D eigenvalue weighted by atomic mass is 9.90. The zero-order valence-electron chi connectivity index (χ0n) is 14.6. The molecule has 4 heteroatoms. The lowest BCUT2D eigenvalue weighted by Gasteiger charge is -2.33. The van der Waals surface area contributed by atoms with Gasteiger partial charge in [-0.05, 0) is 52.5 Å². The fourth-order valence-corrected chi connectivity index (χ4v) is 2.84. The molecule has 1 fully saturated rings. The van der Waals surface area contributed by atoms with Crippen LogP contribution < -0.4 is 0 Å². The maximum absolute atomic E-state index is 12.4. The van der Waals surface area contributed by atoms with Gasteiger partial charge in [0.25, 0.3) is 0 Å². The molecule has 0 radical (unpaired) electrons. The van der Waals surface area contributed by atoms with Crippen LogP contribution in [0, 0.1) is 12.8 Å². The van der Waals surface area contributed by atoms with Crippen LogP contribution in [0.25, 0.3) is 0 Å². The smallest absolute Gasteiger partial charge is 0.410 e. The number of carbonyl (C=O) groups is 2. The standard InChI is InChI=1S/C19H27NO3/c1-14-6-5-7-16(12-14)17(21)13-15-8-10-20(11-9-15)18(22)23-19(2,3)4/h5-7,12,15H,8-11,13H2,1-4H3. The molecule has 23 heavy (non-hydrogen) atoms. The fourth-order valence-electron chi connectivity index (χ4n) is 2.84. The van der Waals surface area contributed by atoms with Crippen LogP contribution in [0.1, 0.15) is 56.0 Å². The van der Waals surface area contributed by atoms with Crippen LogP contribution in [0.5, 0.6) is 0 Å². The van der Waals surface area contributed by atoms with Crippen LogP contribution in [0.4, 0.5) is 4.79 Å². The fraction of sp³-hybridized carbons (Fsp3) is 0.579. The number of ether oxygens (including phenoxy) is 1. The second-order valence-corrected chi connectivity index (χ2v) is 7.41. The van der Waals surface area contributed by atoms with Gasteiger partial charge in [-0.15, -0.1) is 0 Å². The number of piperidine rings is 1. The van der Waals surface area contributed by atoms with Crippen LogP contribution in [0.3, 0.4) is 0 Å². The van der Waals surface area contributed by atoms with Crippen LogP contribution in [0.2, 0.25) is 0 Å². The topological polar surface area (TPSA) is 46.6 Å². The molecule has 0 spiro atoms. The molecule has 0 unspecified atom stereocenters. The number of Topliss-reactive ketones (excluding diaryl/α,β-unsaturated/α-hetero) is 1. The first-order valence-electron chi connectivity index (χ1n) is 8.32. The summed E-state index contributed by atoms with van der Waals surface area (Å²) in [7, 11) is 0. The normalized spacial score (nSPS) is 16.3. The first-order valence-corrected chi connectivity index (χ1v) is 8.32. The second kappa shape index (κ2) is 7.16. The predicted molar refractivity (Wildman–Crippen MR) is 90.7 cm³/mol. The van der Waals surface area contributed by atoms with E-state index < -0.39 is 5.60 Å². The molecule has 1 aromatic carbocycles. The van der Waals surface area contributed by atoms with Crippen molar-refractivity contribution < 1.29 is 14.3 Å². The Kier molecular flexibility index (Phi) is 5.45. The maximum atomic E-state index is 12.4. The first-order chi connectivity index (χ1) is 10.7. The molecular formula is C19H27NO3. The molecule has 1 aliphatic heterocycles. The monoisotopic (exact) mass is 317 g/mol. The minimum Gasteiger partial charge on any atom is -0.444 e. The molecule has 1 heterocycles. The zero-order chi connectivity index (χ0) is 17.0. The van der Waals surface area contributed by atoms with Gasteiger partial charge in [0.15, 0.2) is 5.78 Å².